The van der Waals surface area contributed by atoms with Crippen LogP contribution in [0.25, 0.3) is 0 Å². The Labute approximate surface area is 129 Å². The lowest BCUT2D eigenvalue weighted by Crippen LogP contribution is -2.41. The van der Waals surface area contributed by atoms with Gasteiger partial charge in [-0.25, -0.2) is 13.1 Å². The monoisotopic (exact) mass is 312 g/mol. The summed E-state index contributed by atoms with van der Waals surface area (Å²) in [5.74, 6) is 0. The van der Waals surface area contributed by atoms with E-state index in [1.807, 2.05) is 33.8 Å². The van der Waals surface area contributed by atoms with Gasteiger partial charge < -0.3 is 5.32 Å². The zero-order valence-corrected chi connectivity index (χ0v) is 15.0. The number of rotatable bonds is 5. The molecule has 4 nitrogen and oxygen atoms in total. The fraction of sp³-hybridized carbons (Fsp3) is 0.625. The van der Waals surface area contributed by atoms with Crippen molar-refractivity contribution in [3.8, 4) is 0 Å². The molecule has 0 saturated carbocycles. The zero-order valence-electron chi connectivity index (χ0n) is 14.2. The summed E-state index contributed by atoms with van der Waals surface area (Å²) in [5, 5.41) is 3.27. The predicted molar refractivity (Wildman–Crippen MR) is 88.3 cm³/mol. The first-order valence-corrected chi connectivity index (χ1v) is 8.76. The first-order valence-electron chi connectivity index (χ1n) is 7.28. The molecule has 0 radical (unpaired) electrons. The fourth-order valence-electron chi connectivity index (χ4n) is 2.28. The number of aryl methyl sites for hydroxylation is 2. The molecule has 0 fully saturated rings. The van der Waals surface area contributed by atoms with Gasteiger partial charge in [-0.3, -0.25) is 0 Å². The topological polar surface area (TPSA) is 58.2 Å². The van der Waals surface area contributed by atoms with Crippen molar-refractivity contribution in [1.29, 1.82) is 0 Å². The van der Waals surface area contributed by atoms with Crippen molar-refractivity contribution in [3.63, 3.8) is 0 Å². The van der Waals surface area contributed by atoms with Gasteiger partial charge in [0.15, 0.2) is 0 Å². The van der Waals surface area contributed by atoms with E-state index in [0.29, 0.717) is 18.0 Å². The van der Waals surface area contributed by atoms with Gasteiger partial charge in [-0.15, -0.1) is 0 Å². The van der Waals surface area contributed by atoms with Crippen LogP contribution >= 0.6 is 0 Å². The molecule has 0 unspecified atom stereocenters. The average molecular weight is 312 g/mol. The molecule has 1 rings (SSSR count). The molecule has 5 heteroatoms. The minimum atomic E-state index is -3.47. The Bertz CT molecular complexity index is 588. The molecule has 0 amide bonds. The first kappa shape index (κ1) is 18.1. The molecule has 21 heavy (non-hydrogen) atoms. The molecule has 0 saturated heterocycles. The Morgan fingerprint density at radius 3 is 1.86 bits per heavy atom. The minimum absolute atomic E-state index is 0.0167. The Hall–Kier alpha value is -0.910. The largest absolute Gasteiger partial charge is 0.311 e. The quantitative estimate of drug-likeness (QED) is 0.822. The molecule has 120 valence electrons. The van der Waals surface area contributed by atoms with Crippen molar-refractivity contribution in [2.24, 2.45) is 0 Å². The molecule has 0 aliphatic carbocycles. The van der Waals surface area contributed by atoms with Crippen LogP contribution < -0.4 is 10.0 Å². The maximum absolute atomic E-state index is 12.6. The van der Waals surface area contributed by atoms with Crippen molar-refractivity contribution >= 4 is 10.0 Å². The van der Waals surface area contributed by atoms with Gasteiger partial charge in [0.1, 0.15) is 0 Å². The van der Waals surface area contributed by atoms with E-state index in [2.05, 4.69) is 30.8 Å². The molecule has 0 aliphatic rings. The van der Waals surface area contributed by atoms with Crippen LogP contribution in [0.2, 0.25) is 0 Å². The molecule has 1 aromatic rings. The molecule has 0 bridgehead atoms. The van der Waals surface area contributed by atoms with Crippen LogP contribution in [0.5, 0.6) is 0 Å². The van der Waals surface area contributed by atoms with Crippen LogP contribution in [-0.2, 0) is 10.0 Å². The van der Waals surface area contributed by atoms with Crippen molar-refractivity contribution in [3.05, 3.63) is 28.3 Å². The lowest BCUT2D eigenvalue weighted by molar-refractivity contribution is 0.428. The van der Waals surface area contributed by atoms with E-state index in [9.17, 15) is 8.42 Å². The summed E-state index contributed by atoms with van der Waals surface area (Å²) in [4.78, 5) is 0.427. The van der Waals surface area contributed by atoms with Gasteiger partial charge in [0.2, 0.25) is 10.0 Å². The van der Waals surface area contributed by atoms with E-state index in [0.717, 1.165) is 22.3 Å². The second-order valence-electron chi connectivity index (χ2n) is 6.66. The molecule has 0 aliphatic heterocycles. The summed E-state index contributed by atoms with van der Waals surface area (Å²) in [5.41, 5.74) is 3.65. The molecule has 1 aromatic carbocycles. The lowest BCUT2D eigenvalue weighted by atomic mass is 10.0. The summed E-state index contributed by atoms with van der Waals surface area (Å²) < 4.78 is 27.8. The van der Waals surface area contributed by atoms with Crippen molar-refractivity contribution in [1.82, 2.24) is 10.0 Å². The standard InChI is InChI=1S/C16H28N2O2S/c1-11-10-12(2)14(4)15(13(11)3)21(19,20)18-9-8-17-16(5,6)7/h10,17-18H,8-9H2,1-7H3. The Morgan fingerprint density at radius 1 is 0.952 bits per heavy atom. The number of hydrogen-bond donors (Lipinski definition) is 2. The molecule has 0 atom stereocenters. The SMILES string of the molecule is Cc1cc(C)c(C)c(S(=O)(=O)NCCNC(C)(C)C)c1C. The van der Waals surface area contributed by atoms with E-state index in [4.69, 9.17) is 0 Å². The number of sulfonamides is 1. The smallest absolute Gasteiger partial charge is 0.241 e. The van der Waals surface area contributed by atoms with Crippen LogP contribution in [0.15, 0.2) is 11.0 Å². The van der Waals surface area contributed by atoms with Crippen LogP contribution in [-0.4, -0.2) is 27.0 Å². The normalized spacial score (nSPS) is 12.7. The maximum Gasteiger partial charge on any atom is 0.241 e. The Kier molecular flexibility index (Phi) is 5.58. The number of nitrogens with one attached hydrogen (secondary N) is 2. The van der Waals surface area contributed by atoms with Gasteiger partial charge in [-0.1, -0.05) is 6.07 Å². The average Bonchev–Trinajstić information content (AvgIpc) is 2.31. The highest BCUT2D eigenvalue weighted by atomic mass is 32.2. The second kappa shape index (κ2) is 6.46. The van der Waals surface area contributed by atoms with Crippen molar-refractivity contribution in [2.75, 3.05) is 13.1 Å². The van der Waals surface area contributed by atoms with Gasteiger partial charge >= 0.3 is 0 Å². The van der Waals surface area contributed by atoms with Gasteiger partial charge in [0.05, 0.1) is 4.90 Å². The highest BCUT2D eigenvalue weighted by molar-refractivity contribution is 7.89. The van der Waals surface area contributed by atoms with Crippen molar-refractivity contribution < 1.29 is 8.42 Å². The zero-order chi connectivity index (χ0) is 16.4. The third-order valence-electron chi connectivity index (χ3n) is 3.64. The fourth-order valence-corrected chi connectivity index (χ4v) is 3.92. The van der Waals surface area contributed by atoms with E-state index in [1.165, 1.54) is 0 Å². The Morgan fingerprint density at radius 2 is 1.43 bits per heavy atom. The summed E-state index contributed by atoms with van der Waals surface area (Å²) in [6, 6.07) is 2.03. The van der Waals surface area contributed by atoms with Crippen LogP contribution in [0.4, 0.5) is 0 Å². The summed E-state index contributed by atoms with van der Waals surface area (Å²) in [6.45, 7) is 14.8. The highest BCUT2D eigenvalue weighted by Crippen LogP contribution is 2.25. The lowest BCUT2D eigenvalue weighted by Gasteiger charge is -2.21. The second-order valence-corrected chi connectivity index (χ2v) is 8.37. The van der Waals surface area contributed by atoms with Crippen LogP contribution in [0.1, 0.15) is 43.0 Å². The third kappa shape index (κ3) is 4.80. The number of benzene rings is 1. The van der Waals surface area contributed by atoms with E-state index in [-0.39, 0.29) is 5.54 Å². The maximum atomic E-state index is 12.6. The van der Waals surface area contributed by atoms with E-state index < -0.39 is 10.0 Å². The van der Waals surface area contributed by atoms with Gasteiger partial charge in [0.25, 0.3) is 0 Å². The van der Waals surface area contributed by atoms with Crippen LogP contribution in [0, 0.1) is 27.7 Å². The summed E-state index contributed by atoms with van der Waals surface area (Å²) >= 11 is 0. The summed E-state index contributed by atoms with van der Waals surface area (Å²) in [7, 11) is -3.47. The Balaban J connectivity index is 2.94. The van der Waals surface area contributed by atoms with E-state index >= 15 is 0 Å². The minimum Gasteiger partial charge on any atom is -0.311 e. The number of hydrogen-bond acceptors (Lipinski definition) is 3. The highest BCUT2D eigenvalue weighted by Gasteiger charge is 2.21. The van der Waals surface area contributed by atoms with Gasteiger partial charge in [-0.05, 0) is 70.7 Å². The van der Waals surface area contributed by atoms with Gasteiger partial charge in [-0.2, -0.15) is 0 Å². The molecular formula is C16H28N2O2S. The molecule has 2 N–H and O–H groups in total. The molecule has 0 heterocycles. The van der Waals surface area contributed by atoms with Crippen molar-refractivity contribution in [2.45, 2.75) is 58.9 Å². The first-order chi connectivity index (χ1) is 9.46. The predicted octanol–water partition coefficient (Wildman–Crippen LogP) is 2.59. The third-order valence-corrected chi connectivity index (χ3v) is 5.37. The van der Waals surface area contributed by atoms with Gasteiger partial charge in [0, 0.05) is 18.6 Å². The molecule has 0 spiro atoms. The van der Waals surface area contributed by atoms with Crippen LogP contribution in [0.3, 0.4) is 0 Å². The molecular weight excluding hydrogens is 284 g/mol. The van der Waals surface area contributed by atoms with E-state index in [1.54, 1.807) is 0 Å². The summed E-state index contributed by atoms with van der Waals surface area (Å²) in [6.07, 6.45) is 0. The molecule has 0 aromatic heterocycles.